The summed E-state index contributed by atoms with van der Waals surface area (Å²) >= 11 is 0. The summed E-state index contributed by atoms with van der Waals surface area (Å²) in [5.74, 6) is 1.61. The Morgan fingerprint density at radius 3 is 2.56 bits per heavy atom. The number of nitrogens with one attached hydrogen (secondary N) is 1. The zero-order valence-corrected chi connectivity index (χ0v) is 15.1. The second-order valence-corrected chi connectivity index (χ2v) is 5.87. The third-order valence-corrected chi connectivity index (χ3v) is 3.59. The van der Waals surface area contributed by atoms with E-state index in [0.717, 1.165) is 12.1 Å². The second-order valence-electron chi connectivity index (χ2n) is 5.87. The van der Waals surface area contributed by atoms with Gasteiger partial charge in [-0.1, -0.05) is 12.1 Å². The number of amidine groups is 1. The second kappa shape index (κ2) is 9.16. The average Bonchev–Trinajstić information content (AvgIpc) is 2.64. The zero-order valence-electron chi connectivity index (χ0n) is 15.1. The van der Waals surface area contributed by atoms with Crippen molar-refractivity contribution < 1.29 is 22.6 Å². The fourth-order valence-corrected chi connectivity index (χ4v) is 2.24. The first-order valence-corrected chi connectivity index (χ1v) is 8.28. The maximum Gasteiger partial charge on any atom is 0.416 e. The molecule has 3 N–H and O–H groups in total. The summed E-state index contributed by atoms with van der Waals surface area (Å²) in [4.78, 5) is 4.20. The molecule has 0 saturated heterocycles. The van der Waals surface area contributed by atoms with Crippen molar-refractivity contribution >= 4 is 11.5 Å². The van der Waals surface area contributed by atoms with Crippen molar-refractivity contribution in [3.05, 3.63) is 54.1 Å². The normalized spacial score (nSPS) is 13.1. The maximum absolute atomic E-state index is 12.7. The van der Waals surface area contributed by atoms with Crippen LogP contribution in [0, 0.1) is 0 Å². The van der Waals surface area contributed by atoms with Gasteiger partial charge in [0.1, 0.15) is 23.4 Å². The Kier molecular flexibility index (Phi) is 6.92. The molecule has 8 heteroatoms. The van der Waals surface area contributed by atoms with E-state index in [0.29, 0.717) is 23.7 Å². The van der Waals surface area contributed by atoms with Crippen molar-refractivity contribution in [1.29, 1.82) is 0 Å². The van der Waals surface area contributed by atoms with E-state index in [2.05, 4.69) is 10.3 Å². The Morgan fingerprint density at radius 1 is 1.15 bits per heavy atom. The standard InChI is InChI=1S/C19H22F3N3O2/c1-13(27-17-8-4-7-16(10-17)26-2)11-25-18(23)12-24-15-6-3-5-14(9-15)19(20,21)22/h3-10,13,24H,11-12H2,1-2H3,(H2,23,25). The van der Waals surface area contributed by atoms with E-state index in [4.69, 9.17) is 15.2 Å². The van der Waals surface area contributed by atoms with Crippen LogP contribution in [0.1, 0.15) is 12.5 Å². The van der Waals surface area contributed by atoms with Gasteiger partial charge in [0.25, 0.3) is 0 Å². The van der Waals surface area contributed by atoms with E-state index in [1.165, 1.54) is 12.1 Å². The smallest absolute Gasteiger partial charge is 0.416 e. The minimum atomic E-state index is -4.38. The van der Waals surface area contributed by atoms with Gasteiger partial charge in [0.05, 0.1) is 25.8 Å². The molecule has 1 unspecified atom stereocenters. The van der Waals surface area contributed by atoms with E-state index < -0.39 is 11.7 Å². The number of ether oxygens (including phenoxy) is 2. The Bertz CT molecular complexity index is 779. The summed E-state index contributed by atoms with van der Waals surface area (Å²) in [6, 6.07) is 12.1. The molecule has 2 aromatic rings. The first-order chi connectivity index (χ1) is 12.8. The molecule has 27 heavy (non-hydrogen) atoms. The van der Waals surface area contributed by atoms with Gasteiger partial charge < -0.3 is 20.5 Å². The number of alkyl halides is 3. The average molecular weight is 381 g/mol. The Hall–Kier alpha value is -2.90. The third-order valence-electron chi connectivity index (χ3n) is 3.59. The summed E-state index contributed by atoms with van der Waals surface area (Å²) in [5.41, 5.74) is 5.43. The van der Waals surface area contributed by atoms with Crippen LogP contribution in [0.4, 0.5) is 18.9 Å². The van der Waals surface area contributed by atoms with Crippen LogP contribution in [0.2, 0.25) is 0 Å². The lowest BCUT2D eigenvalue weighted by Crippen LogP contribution is -2.25. The third kappa shape index (κ3) is 6.73. The molecule has 2 rings (SSSR count). The van der Waals surface area contributed by atoms with Gasteiger partial charge in [0.2, 0.25) is 0 Å². The summed E-state index contributed by atoms with van der Waals surface area (Å²) in [6.45, 7) is 2.29. The molecule has 146 valence electrons. The molecular formula is C19H22F3N3O2. The minimum Gasteiger partial charge on any atom is -0.497 e. The van der Waals surface area contributed by atoms with E-state index in [1.54, 1.807) is 19.2 Å². The number of methoxy groups -OCH3 is 1. The van der Waals surface area contributed by atoms with Crippen LogP contribution in [0.5, 0.6) is 11.5 Å². The number of hydrogen-bond acceptors (Lipinski definition) is 4. The highest BCUT2D eigenvalue weighted by atomic mass is 19.4. The number of hydrogen-bond donors (Lipinski definition) is 2. The molecule has 0 heterocycles. The zero-order chi connectivity index (χ0) is 19.9. The van der Waals surface area contributed by atoms with Crippen molar-refractivity contribution in [1.82, 2.24) is 0 Å². The first kappa shape index (κ1) is 20.4. The molecule has 0 saturated carbocycles. The monoisotopic (exact) mass is 381 g/mol. The number of anilines is 1. The number of nitrogens with two attached hydrogens (primary N) is 1. The molecule has 0 fully saturated rings. The topological polar surface area (TPSA) is 68.9 Å². The molecule has 0 aromatic heterocycles. The number of benzene rings is 2. The Labute approximate surface area is 156 Å². The summed E-state index contributed by atoms with van der Waals surface area (Å²) in [6.07, 6.45) is -4.62. The fourth-order valence-electron chi connectivity index (χ4n) is 2.24. The number of aliphatic imine (C=N–C) groups is 1. The molecule has 0 spiro atoms. The van der Waals surface area contributed by atoms with Crippen LogP contribution in [0.3, 0.4) is 0 Å². The highest BCUT2D eigenvalue weighted by molar-refractivity contribution is 5.84. The van der Waals surface area contributed by atoms with Crippen LogP contribution in [-0.4, -0.2) is 32.1 Å². The summed E-state index contributed by atoms with van der Waals surface area (Å²) in [7, 11) is 1.57. The van der Waals surface area contributed by atoms with Crippen molar-refractivity contribution in [2.24, 2.45) is 10.7 Å². The molecule has 0 aliphatic rings. The van der Waals surface area contributed by atoms with Gasteiger partial charge in [0, 0.05) is 11.8 Å². The highest BCUT2D eigenvalue weighted by Crippen LogP contribution is 2.30. The first-order valence-electron chi connectivity index (χ1n) is 8.28. The van der Waals surface area contributed by atoms with E-state index in [-0.39, 0.29) is 18.5 Å². The van der Waals surface area contributed by atoms with E-state index in [1.807, 2.05) is 19.1 Å². The number of halogens is 3. The summed E-state index contributed by atoms with van der Waals surface area (Å²) in [5, 5.41) is 2.83. The largest absolute Gasteiger partial charge is 0.497 e. The SMILES string of the molecule is COc1cccc(OC(C)CN=C(N)CNc2cccc(C(F)(F)F)c2)c1. The lowest BCUT2D eigenvalue weighted by molar-refractivity contribution is -0.137. The number of nitrogens with zero attached hydrogens (tertiary/aromatic N) is 1. The van der Waals surface area contributed by atoms with E-state index in [9.17, 15) is 13.2 Å². The number of rotatable bonds is 8. The minimum absolute atomic E-state index is 0.132. The van der Waals surface area contributed by atoms with Gasteiger partial charge >= 0.3 is 6.18 Å². The van der Waals surface area contributed by atoms with Crippen LogP contribution < -0.4 is 20.5 Å². The molecule has 0 bridgehead atoms. The van der Waals surface area contributed by atoms with Gasteiger partial charge in [-0.3, -0.25) is 4.99 Å². The lowest BCUT2D eigenvalue weighted by Gasteiger charge is -2.14. The van der Waals surface area contributed by atoms with Gasteiger partial charge in [0.15, 0.2) is 0 Å². The Morgan fingerprint density at radius 2 is 1.85 bits per heavy atom. The highest BCUT2D eigenvalue weighted by Gasteiger charge is 2.30. The van der Waals surface area contributed by atoms with Crippen LogP contribution in [0.25, 0.3) is 0 Å². The van der Waals surface area contributed by atoms with Gasteiger partial charge in [-0.25, -0.2) is 0 Å². The van der Waals surface area contributed by atoms with Crippen molar-refractivity contribution in [3.63, 3.8) is 0 Å². The summed E-state index contributed by atoms with van der Waals surface area (Å²) < 4.78 is 49.0. The molecule has 0 radical (unpaired) electrons. The van der Waals surface area contributed by atoms with Gasteiger partial charge in [-0.15, -0.1) is 0 Å². The lowest BCUT2D eigenvalue weighted by atomic mass is 10.2. The van der Waals surface area contributed by atoms with Gasteiger partial charge in [-0.2, -0.15) is 13.2 Å². The van der Waals surface area contributed by atoms with Crippen LogP contribution >= 0.6 is 0 Å². The van der Waals surface area contributed by atoms with Crippen molar-refractivity contribution in [2.75, 3.05) is 25.5 Å². The Balaban J connectivity index is 1.85. The molecule has 0 aliphatic heterocycles. The van der Waals surface area contributed by atoms with Crippen molar-refractivity contribution in [2.45, 2.75) is 19.2 Å². The fraction of sp³-hybridized carbons (Fsp3) is 0.316. The molecular weight excluding hydrogens is 359 g/mol. The quantitative estimate of drug-likeness (QED) is 0.537. The molecule has 0 aliphatic carbocycles. The predicted octanol–water partition coefficient (Wildman–Crippen LogP) is 3.95. The van der Waals surface area contributed by atoms with E-state index >= 15 is 0 Å². The molecule has 0 amide bonds. The predicted molar refractivity (Wildman–Crippen MR) is 99.5 cm³/mol. The van der Waals surface area contributed by atoms with Crippen molar-refractivity contribution in [3.8, 4) is 11.5 Å². The van der Waals surface area contributed by atoms with Crippen LogP contribution in [-0.2, 0) is 6.18 Å². The van der Waals surface area contributed by atoms with Gasteiger partial charge in [-0.05, 0) is 37.3 Å². The molecule has 5 nitrogen and oxygen atoms in total. The van der Waals surface area contributed by atoms with Crippen LogP contribution in [0.15, 0.2) is 53.5 Å². The molecule has 1 atom stereocenters. The maximum atomic E-state index is 12.7. The molecule has 2 aromatic carbocycles.